The summed E-state index contributed by atoms with van der Waals surface area (Å²) in [5, 5.41) is 7.24. The SMILES string of the molecule is CN(C)CCNc1ccc(C(=O)NC2CCc3cc(Cl)ccc32)cc1. The number of fused-ring (bicyclic) bond motifs is 1. The second-order valence-corrected chi connectivity index (χ2v) is 7.15. The van der Waals surface area contributed by atoms with Crippen LogP contribution < -0.4 is 10.6 Å². The van der Waals surface area contributed by atoms with E-state index in [1.54, 1.807) is 0 Å². The highest BCUT2D eigenvalue weighted by Crippen LogP contribution is 2.33. The number of nitrogens with zero attached hydrogens (tertiary/aromatic N) is 1. The van der Waals surface area contributed by atoms with Gasteiger partial charge in [0.05, 0.1) is 6.04 Å². The zero-order valence-electron chi connectivity index (χ0n) is 14.7. The minimum Gasteiger partial charge on any atom is -0.384 e. The van der Waals surface area contributed by atoms with Crippen molar-refractivity contribution < 1.29 is 4.79 Å². The molecule has 1 aliphatic carbocycles. The van der Waals surface area contributed by atoms with Gasteiger partial charge in [0.15, 0.2) is 0 Å². The van der Waals surface area contributed by atoms with Crippen LogP contribution in [0.15, 0.2) is 42.5 Å². The number of rotatable bonds is 6. The maximum atomic E-state index is 12.5. The first-order valence-corrected chi connectivity index (χ1v) is 8.98. The highest BCUT2D eigenvalue weighted by Gasteiger charge is 2.24. The average molecular weight is 358 g/mol. The minimum absolute atomic E-state index is 0.0346. The Morgan fingerprint density at radius 3 is 2.68 bits per heavy atom. The fraction of sp³-hybridized carbons (Fsp3) is 0.350. The Morgan fingerprint density at radius 2 is 1.96 bits per heavy atom. The van der Waals surface area contributed by atoms with Crippen LogP contribution in [0.3, 0.4) is 0 Å². The third-order valence-corrected chi connectivity index (χ3v) is 4.76. The molecule has 0 spiro atoms. The lowest BCUT2D eigenvalue weighted by atomic mass is 10.1. The van der Waals surface area contributed by atoms with E-state index in [0.29, 0.717) is 5.56 Å². The van der Waals surface area contributed by atoms with Crippen LogP contribution in [0, 0.1) is 0 Å². The Kier molecular flexibility index (Phi) is 5.61. The first-order valence-electron chi connectivity index (χ1n) is 8.61. The molecule has 132 valence electrons. The number of likely N-dealkylation sites (N-methyl/N-ethyl adjacent to an activating group) is 1. The van der Waals surface area contributed by atoms with Crippen molar-refractivity contribution in [2.24, 2.45) is 0 Å². The van der Waals surface area contributed by atoms with Crippen LogP contribution in [0.1, 0.15) is 33.9 Å². The molecule has 0 saturated carbocycles. The van der Waals surface area contributed by atoms with E-state index in [0.717, 1.165) is 36.6 Å². The number of anilines is 1. The highest BCUT2D eigenvalue weighted by molar-refractivity contribution is 6.30. The van der Waals surface area contributed by atoms with E-state index >= 15 is 0 Å². The quantitative estimate of drug-likeness (QED) is 0.828. The Morgan fingerprint density at radius 1 is 1.20 bits per heavy atom. The molecule has 25 heavy (non-hydrogen) atoms. The topological polar surface area (TPSA) is 44.4 Å². The molecule has 0 radical (unpaired) electrons. The van der Waals surface area contributed by atoms with E-state index in [1.807, 2.05) is 56.6 Å². The van der Waals surface area contributed by atoms with Gasteiger partial charge in [-0.05, 0) is 74.5 Å². The number of hydrogen-bond acceptors (Lipinski definition) is 3. The molecule has 5 heteroatoms. The molecule has 0 aliphatic heterocycles. The molecule has 4 nitrogen and oxygen atoms in total. The normalized spacial score (nSPS) is 15.9. The Labute approximate surface area is 154 Å². The number of carbonyl (C=O) groups is 1. The molecule has 0 fully saturated rings. The molecule has 0 aromatic heterocycles. The summed E-state index contributed by atoms with van der Waals surface area (Å²) in [5.74, 6) is -0.0346. The van der Waals surface area contributed by atoms with Crippen molar-refractivity contribution in [2.75, 3.05) is 32.5 Å². The summed E-state index contributed by atoms with van der Waals surface area (Å²) in [7, 11) is 4.09. The zero-order chi connectivity index (χ0) is 17.8. The van der Waals surface area contributed by atoms with Crippen molar-refractivity contribution in [3.8, 4) is 0 Å². The van der Waals surface area contributed by atoms with E-state index in [9.17, 15) is 4.79 Å². The third-order valence-electron chi connectivity index (χ3n) is 4.52. The summed E-state index contributed by atoms with van der Waals surface area (Å²) >= 11 is 6.04. The minimum atomic E-state index is -0.0346. The average Bonchev–Trinajstić information content (AvgIpc) is 2.97. The van der Waals surface area contributed by atoms with Gasteiger partial charge in [0.2, 0.25) is 0 Å². The van der Waals surface area contributed by atoms with Crippen LogP contribution in [-0.2, 0) is 6.42 Å². The molecule has 2 aromatic rings. The van der Waals surface area contributed by atoms with Gasteiger partial charge in [-0.15, -0.1) is 0 Å². The molecule has 1 unspecified atom stereocenters. The predicted octanol–water partition coefficient (Wildman–Crippen LogP) is 3.73. The van der Waals surface area contributed by atoms with E-state index in [4.69, 9.17) is 11.6 Å². The van der Waals surface area contributed by atoms with Gasteiger partial charge >= 0.3 is 0 Å². The lowest BCUT2D eigenvalue weighted by Gasteiger charge is -2.15. The first kappa shape index (κ1) is 17.8. The predicted molar refractivity (Wildman–Crippen MR) is 103 cm³/mol. The molecule has 1 atom stereocenters. The maximum absolute atomic E-state index is 12.5. The van der Waals surface area contributed by atoms with Crippen molar-refractivity contribution in [1.29, 1.82) is 0 Å². The van der Waals surface area contributed by atoms with E-state index < -0.39 is 0 Å². The zero-order valence-corrected chi connectivity index (χ0v) is 15.4. The summed E-state index contributed by atoms with van der Waals surface area (Å²) in [6, 6.07) is 13.6. The molecule has 0 bridgehead atoms. The lowest BCUT2D eigenvalue weighted by Crippen LogP contribution is -2.27. The molecule has 0 saturated heterocycles. The monoisotopic (exact) mass is 357 g/mol. The van der Waals surface area contributed by atoms with E-state index in [-0.39, 0.29) is 11.9 Å². The fourth-order valence-corrected chi connectivity index (χ4v) is 3.34. The van der Waals surface area contributed by atoms with Crippen LogP contribution >= 0.6 is 11.6 Å². The molecular weight excluding hydrogens is 334 g/mol. The number of amides is 1. The van der Waals surface area contributed by atoms with Crippen molar-refractivity contribution >= 4 is 23.2 Å². The van der Waals surface area contributed by atoms with Gasteiger partial charge in [-0.2, -0.15) is 0 Å². The first-order chi connectivity index (χ1) is 12.0. The van der Waals surface area contributed by atoms with Gasteiger partial charge in [0.1, 0.15) is 0 Å². The second kappa shape index (κ2) is 7.89. The summed E-state index contributed by atoms with van der Waals surface area (Å²) in [5.41, 5.74) is 4.12. The van der Waals surface area contributed by atoms with Gasteiger partial charge in [-0.1, -0.05) is 17.7 Å². The van der Waals surface area contributed by atoms with Gasteiger partial charge < -0.3 is 15.5 Å². The van der Waals surface area contributed by atoms with Crippen LogP contribution in [0.2, 0.25) is 5.02 Å². The number of carbonyl (C=O) groups excluding carboxylic acids is 1. The Bertz CT molecular complexity index is 743. The van der Waals surface area contributed by atoms with Crippen molar-refractivity contribution in [1.82, 2.24) is 10.2 Å². The molecule has 1 amide bonds. The molecule has 3 rings (SSSR count). The Balaban J connectivity index is 1.59. The van der Waals surface area contributed by atoms with Gasteiger partial charge in [-0.25, -0.2) is 0 Å². The van der Waals surface area contributed by atoms with E-state index in [2.05, 4.69) is 15.5 Å². The standard InChI is InChI=1S/C20H24ClN3O/c1-24(2)12-11-22-17-7-3-14(4-8-17)20(25)23-19-10-5-15-13-16(21)6-9-18(15)19/h3-4,6-9,13,19,22H,5,10-12H2,1-2H3,(H,23,25). The van der Waals surface area contributed by atoms with E-state index in [1.165, 1.54) is 11.1 Å². The molecular formula is C20H24ClN3O. The Hall–Kier alpha value is -2.04. The van der Waals surface area contributed by atoms with Gasteiger partial charge in [0, 0.05) is 29.4 Å². The summed E-state index contributed by atoms with van der Waals surface area (Å²) < 4.78 is 0. The van der Waals surface area contributed by atoms with Crippen LogP contribution in [0.25, 0.3) is 0 Å². The molecule has 2 aromatic carbocycles. The number of hydrogen-bond donors (Lipinski definition) is 2. The number of halogens is 1. The number of benzene rings is 2. The van der Waals surface area contributed by atoms with Crippen LogP contribution in [0.5, 0.6) is 0 Å². The van der Waals surface area contributed by atoms with Crippen molar-refractivity contribution in [3.63, 3.8) is 0 Å². The smallest absolute Gasteiger partial charge is 0.251 e. The van der Waals surface area contributed by atoms with Crippen LogP contribution in [-0.4, -0.2) is 38.0 Å². The van der Waals surface area contributed by atoms with Crippen LogP contribution in [0.4, 0.5) is 5.69 Å². The second-order valence-electron chi connectivity index (χ2n) is 6.72. The van der Waals surface area contributed by atoms with Gasteiger partial charge in [0.25, 0.3) is 5.91 Å². The number of nitrogens with one attached hydrogen (secondary N) is 2. The lowest BCUT2D eigenvalue weighted by molar-refractivity contribution is 0.0937. The van der Waals surface area contributed by atoms with Gasteiger partial charge in [-0.3, -0.25) is 4.79 Å². The molecule has 1 aliphatic rings. The molecule has 2 N–H and O–H groups in total. The maximum Gasteiger partial charge on any atom is 0.251 e. The summed E-state index contributed by atoms with van der Waals surface area (Å²) in [4.78, 5) is 14.7. The summed E-state index contributed by atoms with van der Waals surface area (Å²) in [6.07, 6.45) is 1.88. The largest absolute Gasteiger partial charge is 0.384 e. The molecule has 0 heterocycles. The van der Waals surface area contributed by atoms with Crippen molar-refractivity contribution in [3.05, 3.63) is 64.2 Å². The van der Waals surface area contributed by atoms with Crippen molar-refractivity contribution in [2.45, 2.75) is 18.9 Å². The highest BCUT2D eigenvalue weighted by atomic mass is 35.5. The number of aryl methyl sites for hydroxylation is 1. The fourth-order valence-electron chi connectivity index (χ4n) is 3.14. The summed E-state index contributed by atoms with van der Waals surface area (Å²) in [6.45, 7) is 1.84. The third kappa shape index (κ3) is 4.53.